The van der Waals surface area contributed by atoms with Gasteiger partial charge in [-0.2, -0.15) is 5.10 Å². The van der Waals surface area contributed by atoms with Gasteiger partial charge < -0.3 is 4.74 Å². The highest BCUT2D eigenvalue weighted by molar-refractivity contribution is 7.99. The van der Waals surface area contributed by atoms with Crippen LogP contribution in [-0.4, -0.2) is 23.8 Å². The fourth-order valence-corrected chi connectivity index (χ4v) is 3.30. The number of nitrogens with one attached hydrogen (secondary N) is 1. The Morgan fingerprint density at radius 3 is 2.37 bits per heavy atom. The molecule has 3 aromatic carbocycles. The Labute approximate surface area is 180 Å². The number of benzene rings is 3. The lowest BCUT2D eigenvalue weighted by Gasteiger charge is -2.04. The second-order valence-corrected chi connectivity index (χ2v) is 7.58. The van der Waals surface area contributed by atoms with E-state index in [1.165, 1.54) is 22.9 Å². The Morgan fingerprint density at radius 1 is 0.967 bits per heavy atom. The number of ether oxygens (including phenoxy) is 1. The molecule has 0 fully saturated rings. The number of nitrogens with zero attached hydrogens (tertiary/aromatic N) is 1. The molecule has 0 unspecified atom stereocenters. The van der Waals surface area contributed by atoms with Gasteiger partial charge >= 0.3 is 5.97 Å². The maximum atomic E-state index is 12.0. The summed E-state index contributed by atoms with van der Waals surface area (Å²) in [6.07, 6.45) is 1.55. The van der Waals surface area contributed by atoms with Gasteiger partial charge in [0.15, 0.2) is 0 Å². The Morgan fingerprint density at radius 2 is 1.67 bits per heavy atom. The first-order valence-corrected chi connectivity index (χ1v) is 10.6. The second-order valence-electron chi connectivity index (χ2n) is 6.60. The highest BCUT2D eigenvalue weighted by atomic mass is 32.2. The second kappa shape index (κ2) is 11.0. The first-order valence-electron chi connectivity index (χ1n) is 9.42. The molecule has 152 valence electrons. The SMILES string of the molecule is Cc1ccc(CSCC(=O)N/N=C\c2ccc(OC(=O)c3ccccc3)cc2)cc1. The lowest BCUT2D eigenvalue weighted by atomic mass is 10.2. The summed E-state index contributed by atoms with van der Waals surface area (Å²) >= 11 is 1.54. The van der Waals surface area contributed by atoms with E-state index in [-0.39, 0.29) is 5.91 Å². The molecule has 5 nitrogen and oxygen atoms in total. The van der Waals surface area contributed by atoms with E-state index in [0.717, 1.165) is 11.3 Å². The molecule has 0 atom stereocenters. The first kappa shape index (κ1) is 21.3. The molecular formula is C24H22N2O3S. The topological polar surface area (TPSA) is 67.8 Å². The molecule has 1 N–H and O–H groups in total. The summed E-state index contributed by atoms with van der Waals surface area (Å²) in [5, 5.41) is 3.97. The summed E-state index contributed by atoms with van der Waals surface area (Å²) in [6.45, 7) is 2.05. The van der Waals surface area contributed by atoms with Crippen LogP contribution in [0.15, 0.2) is 84.0 Å². The minimum Gasteiger partial charge on any atom is -0.423 e. The molecule has 3 aromatic rings. The maximum absolute atomic E-state index is 12.0. The van der Waals surface area contributed by atoms with Crippen LogP contribution in [0, 0.1) is 6.92 Å². The smallest absolute Gasteiger partial charge is 0.343 e. The number of esters is 1. The molecule has 0 bridgehead atoms. The van der Waals surface area contributed by atoms with Crippen LogP contribution < -0.4 is 10.2 Å². The van der Waals surface area contributed by atoms with Gasteiger partial charge in [-0.1, -0.05) is 48.0 Å². The van der Waals surface area contributed by atoms with Crippen molar-refractivity contribution in [3.05, 3.63) is 101 Å². The summed E-state index contributed by atoms with van der Waals surface area (Å²) in [5.74, 6) is 0.988. The van der Waals surface area contributed by atoms with Gasteiger partial charge in [-0.05, 0) is 54.4 Å². The Hall–Kier alpha value is -3.38. The molecule has 1 amide bonds. The van der Waals surface area contributed by atoms with Crippen molar-refractivity contribution in [3.63, 3.8) is 0 Å². The number of carbonyl (C=O) groups is 2. The van der Waals surface area contributed by atoms with Crippen molar-refractivity contribution in [1.82, 2.24) is 5.43 Å². The zero-order valence-electron chi connectivity index (χ0n) is 16.6. The van der Waals surface area contributed by atoms with Gasteiger partial charge in [0.05, 0.1) is 17.5 Å². The molecule has 0 aliphatic carbocycles. The van der Waals surface area contributed by atoms with E-state index in [0.29, 0.717) is 17.1 Å². The van der Waals surface area contributed by atoms with Crippen LogP contribution in [-0.2, 0) is 10.5 Å². The molecule has 0 aromatic heterocycles. The predicted molar refractivity (Wildman–Crippen MR) is 121 cm³/mol. The molecule has 30 heavy (non-hydrogen) atoms. The number of aryl methyl sites for hydroxylation is 1. The van der Waals surface area contributed by atoms with Crippen molar-refractivity contribution in [3.8, 4) is 5.75 Å². The average molecular weight is 419 g/mol. The standard InChI is InChI=1S/C24H22N2O3S/c1-18-7-9-20(10-8-18)16-30-17-23(27)26-25-15-19-11-13-22(14-12-19)29-24(28)21-5-3-2-4-6-21/h2-15H,16-17H2,1H3,(H,26,27)/b25-15-. The van der Waals surface area contributed by atoms with Crippen molar-refractivity contribution >= 4 is 29.9 Å². The average Bonchev–Trinajstić information content (AvgIpc) is 2.77. The number of hydrogen-bond donors (Lipinski definition) is 1. The summed E-state index contributed by atoms with van der Waals surface area (Å²) in [6, 6.07) is 24.0. The lowest BCUT2D eigenvalue weighted by molar-refractivity contribution is -0.118. The third-order valence-electron chi connectivity index (χ3n) is 4.13. The van der Waals surface area contributed by atoms with Crippen molar-refractivity contribution in [2.24, 2.45) is 5.10 Å². The number of hydrazone groups is 1. The van der Waals surface area contributed by atoms with Gasteiger partial charge in [0.25, 0.3) is 0 Å². The highest BCUT2D eigenvalue weighted by Crippen LogP contribution is 2.14. The van der Waals surface area contributed by atoms with Crippen LogP contribution >= 0.6 is 11.8 Å². The monoisotopic (exact) mass is 418 g/mol. The molecule has 0 aliphatic heterocycles. The molecule has 0 radical (unpaired) electrons. The first-order chi connectivity index (χ1) is 14.6. The van der Waals surface area contributed by atoms with E-state index < -0.39 is 5.97 Å². The number of carbonyl (C=O) groups excluding carboxylic acids is 2. The number of hydrogen-bond acceptors (Lipinski definition) is 5. The van der Waals surface area contributed by atoms with Crippen LogP contribution in [0.2, 0.25) is 0 Å². The van der Waals surface area contributed by atoms with Gasteiger partial charge in [-0.25, -0.2) is 10.2 Å². The van der Waals surface area contributed by atoms with E-state index in [9.17, 15) is 9.59 Å². The minimum absolute atomic E-state index is 0.156. The summed E-state index contributed by atoms with van der Waals surface area (Å²) in [5.41, 5.74) is 6.20. The highest BCUT2D eigenvalue weighted by Gasteiger charge is 2.07. The zero-order chi connectivity index (χ0) is 21.2. The fraction of sp³-hybridized carbons (Fsp3) is 0.125. The molecule has 0 saturated carbocycles. The van der Waals surface area contributed by atoms with Crippen molar-refractivity contribution < 1.29 is 14.3 Å². The van der Waals surface area contributed by atoms with Gasteiger partial charge in [-0.3, -0.25) is 4.79 Å². The summed E-state index contributed by atoms with van der Waals surface area (Å²) in [7, 11) is 0. The molecule has 0 saturated heterocycles. The van der Waals surface area contributed by atoms with Gasteiger partial charge in [0, 0.05) is 5.75 Å². The fourth-order valence-electron chi connectivity index (χ4n) is 2.52. The quantitative estimate of drug-likeness (QED) is 0.251. The van der Waals surface area contributed by atoms with E-state index >= 15 is 0 Å². The summed E-state index contributed by atoms with van der Waals surface area (Å²) in [4.78, 5) is 23.9. The largest absolute Gasteiger partial charge is 0.423 e. The van der Waals surface area contributed by atoms with Crippen molar-refractivity contribution in [1.29, 1.82) is 0 Å². The van der Waals surface area contributed by atoms with E-state index in [4.69, 9.17) is 4.74 Å². The van der Waals surface area contributed by atoms with E-state index in [1.807, 2.05) is 13.0 Å². The molecular weight excluding hydrogens is 396 g/mol. The van der Waals surface area contributed by atoms with Gasteiger partial charge in [0.2, 0.25) is 5.91 Å². The van der Waals surface area contributed by atoms with Crippen LogP contribution in [0.1, 0.15) is 27.0 Å². The maximum Gasteiger partial charge on any atom is 0.343 e. The Bertz CT molecular complexity index is 1000. The zero-order valence-corrected chi connectivity index (χ0v) is 17.4. The molecule has 0 spiro atoms. The van der Waals surface area contributed by atoms with Crippen LogP contribution in [0.5, 0.6) is 5.75 Å². The molecule has 6 heteroatoms. The van der Waals surface area contributed by atoms with Crippen LogP contribution in [0.3, 0.4) is 0 Å². The van der Waals surface area contributed by atoms with Crippen LogP contribution in [0.4, 0.5) is 0 Å². The minimum atomic E-state index is -0.410. The Kier molecular flexibility index (Phi) is 7.80. The number of thioether (sulfide) groups is 1. The number of rotatable bonds is 8. The third kappa shape index (κ3) is 6.90. The number of amides is 1. The van der Waals surface area contributed by atoms with Gasteiger partial charge in [-0.15, -0.1) is 11.8 Å². The van der Waals surface area contributed by atoms with E-state index in [2.05, 4.69) is 34.8 Å². The normalized spacial score (nSPS) is 10.7. The van der Waals surface area contributed by atoms with Crippen molar-refractivity contribution in [2.45, 2.75) is 12.7 Å². The molecule has 0 aliphatic rings. The lowest BCUT2D eigenvalue weighted by Crippen LogP contribution is -2.19. The predicted octanol–water partition coefficient (Wildman–Crippen LogP) is 4.60. The Balaban J connectivity index is 1.40. The van der Waals surface area contributed by atoms with Crippen LogP contribution in [0.25, 0.3) is 0 Å². The van der Waals surface area contributed by atoms with Gasteiger partial charge in [0.1, 0.15) is 5.75 Å². The summed E-state index contributed by atoms with van der Waals surface area (Å²) < 4.78 is 5.33. The molecule has 3 rings (SSSR count). The third-order valence-corrected chi connectivity index (χ3v) is 5.13. The van der Waals surface area contributed by atoms with Crippen molar-refractivity contribution in [2.75, 3.05) is 5.75 Å². The molecule has 0 heterocycles. The van der Waals surface area contributed by atoms with E-state index in [1.54, 1.807) is 54.7 Å².